The van der Waals surface area contributed by atoms with Gasteiger partial charge < -0.3 is 0 Å². The fourth-order valence-electron chi connectivity index (χ4n) is 5.20. The van der Waals surface area contributed by atoms with Gasteiger partial charge in [-0.1, -0.05) is 138 Å². The van der Waals surface area contributed by atoms with Gasteiger partial charge in [-0.15, -0.1) is 0 Å². The lowest BCUT2D eigenvalue weighted by atomic mass is 10.0. The number of pyridine rings is 3. The summed E-state index contributed by atoms with van der Waals surface area (Å²) in [4.78, 5) is 11.5. The van der Waals surface area contributed by atoms with Gasteiger partial charge in [-0.3, -0.25) is 4.98 Å². The zero-order chi connectivity index (χ0) is 45.9. The number of halogens is 2. The molecule has 3 heterocycles. The lowest BCUT2D eigenvalue weighted by Crippen LogP contribution is -1.89. The third kappa shape index (κ3) is 22.8. The van der Waals surface area contributed by atoms with Crippen LogP contribution >= 0.6 is 0 Å². The highest BCUT2D eigenvalue weighted by Crippen LogP contribution is 2.17. The van der Waals surface area contributed by atoms with E-state index in [0.717, 1.165) is 22.4 Å². The van der Waals surface area contributed by atoms with Crippen molar-refractivity contribution in [3.63, 3.8) is 0 Å². The van der Waals surface area contributed by atoms with E-state index in [1.807, 2.05) is 93.7 Å². The molecule has 0 amide bonds. The quantitative estimate of drug-likeness (QED) is 0.156. The van der Waals surface area contributed by atoms with Crippen LogP contribution in [0.25, 0.3) is 0 Å². The van der Waals surface area contributed by atoms with Crippen molar-refractivity contribution in [2.24, 2.45) is 0 Å². The van der Waals surface area contributed by atoms with Crippen LogP contribution in [0.4, 0.5) is 8.78 Å². The van der Waals surface area contributed by atoms with Gasteiger partial charge in [0.05, 0.1) is 11.6 Å². The van der Waals surface area contributed by atoms with Crippen molar-refractivity contribution in [3.8, 4) is 12.1 Å². The molecule has 0 spiro atoms. The van der Waals surface area contributed by atoms with E-state index in [-0.39, 0.29) is 5.82 Å². The van der Waals surface area contributed by atoms with Gasteiger partial charge in [0.1, 0.15) is 17.6 Å². The molecular weight excluding hydrogens is 757 g/mol. The van der Waals surface area contributed by atoms with E-state index < -0.39 is 5.95 Å². The van der Waals surface area contributed by atoms with Crippen LogP contribution in [0.3, 0.4) is 0 Å². The summed E-state index contributed by atoms with van der Waals surface area (Å²) in [5.41, 5.74) is 9.73. The summed E-state index contributed by atoms with van der Waals surface area (Å²) in [6.07, 6.45) is 5.03. The summed E-state index contributed by atoms with van der Waals surface area (Å²) in [7, 11) is 0. The Kier molecular flexibility index (Phi) is 25.4. The number of aryl methyl sites for hydroxylation is 1. The number of rotatable bonds is 6. The number of nitrogens with zero attached hydrogens (tertiary/aromatic N) is 5. The fraction of sp³-hybridized carbons (Fsp3) is 0.352. The van der Waals surface area contributed by atoms with Gasteiger partial charge in [-0.2, -0.15) is 14.9 Å². The van der Waals surface area contributed by atoms with Crippen molar-refractivity contribution in [2.45, 2.75) is 126 Å². The third-order valence-corrected chi connectivity index (χ3v) is 9.28. The summed E-state index contributed by atoms with van der Waals surface area (Å²) in [6.45, 7) is 27.5. The number of aromatic nitrogens is 3. The molecule has 3 aromatic heterocycles. The Morgan fingerprint density at radius 2 is 0.803 bits per heavy atom. The summed E-state index contributed by atoms with van der Waals surface area (Å²) in [5.74, 6) is 2.58. The summed E-state index contributed by atoms with van der Waals surface area (Å²) in [6, 6.07) is 40.2. The smallest absolute Gasteiger partial charge is 0.213 e. The molecule has 0 aliphatic carbocycles. The van der Waals surface area contributed by atoms with Crippen LogP contribution in [0, 0.1) is 41.4 Å². The zero-order valence-corrected chi connectivity index (χ0v) is 38.7. The Morgan fingerprint density at radius 1 is 0.410 bits per heavy atom. The van der Waals surface area contributed by atoms with E-state index in [0.29, 0.717) is 41.2 Å². The Hall–Kier alpha value is -6.05. The minimum absolute atomic E-state index is 0.163. The maximum atomic E-state index is 12.4. The van der Waals surface area contributed by atoms with E-state index in [1.54, 1.807) is 6.20 Å². The van der Waals surface area contributed by atoms with E-state index in [1.165, 1.54) is 46.6 Å². The molecule has 0 saturated heterocycles. The van der Waals surface area contributed by atoms with E-state index in [4.69, 9.17) is 10.5 Å². The highest BCUT2D eigenvalue weighted by molar-refractivity contribution is 5.32. The van der Waals surface area contributed by atoms with Gasteiger partial charge in [0.2, 0.25) is 5.95 Å². The Balaban J connectivity index is 0.000000366. The first-order valence-corrected chi connectivity index (χ1v) is 21.1. The van der Waals surface area contributed by atoms with Crippen LogP contribution < -0.4 is 0 Å². The van der Waals surface area contributed by atoms with Crippen LogP contribution in [0.5, 0.6) is 0 Å². The predicted molar refractivity (Wildman–Crippen MR) is 251 cm³/mol. The molecule has 61 heavy (non-hydrogen) atoms. The molecule has 0 N–H and O–H groups in total. The largest absolute Gasteiger partial charge is 0.262 e. The normalized spacial score (nSPS) is 10.1. The van der Waals surface area contributed by atoms with Crippen molar-refractivity contribution in [3.05, 3.63) is 196 Å². The van der Waals surface area contributed by atoms with Crippen molar-refractivity contribution in [1.82, 2.24) is 15.0 Å². The molecule has 322 valence electrons. The van der Waals surface area contributed by atoms with Crippen molar-refractivity contribution in [1.29, 1.82) is 10.5 Å². The maximum Gasteiger partial charge on any atom is 0.213 e. The fourth-order valence-corrected chi connectivity index (χ4v) is 5.20. The van der Waals surface area contributed by atoms with Crippen molar-refractivity contribution in [2.75, 3.05) is 0 Å². The van der Waals surface area contributed by atoms with E-state index >= 15 is 0 Å². The molecule has 0 fully saturated rings. The highest BCUT2D eigenvalue weighted by atomic mass is 19.1. The topological polar surface area (TPSA) is 86.2 Å². The van der Waals surface area contributed by atoms with Crippen molar-refractivity contribution < 1.29 is 8.78 Å². The number of hydrogen-bond donors (Lipinski definition) is 0. The van der Waals surface area contributed by atoms with Gasteiger partial charge in [0, 0.05) is 24.3 Å². The Labute approximate surface area is 366 Å². The molecule has 7 heteroatoms. The first-order chi connectivity index (χ1) is 28.9. The number of hydrogen-bond acceptors (Lipinski definition) is 5. The lowest BCUT2D eigenvalue weighted by Gasteiger charge is -2.03. The lowest BCUT2D eigenvalue weighted by molar-refractivity contribution is 0.579. The predicted octanol–water partition coefficient (Wildman–Crippen LogP) is 15.4. The number of nitriles is 2. The molecule has 0 aliphatic rings. The van der Waals surface area contributed by atoms with Crippen LogP contribution in [-0.2, 0) is 0 Å². The van der Waals surface area contributed by atoms with Gasteiger partial charge in [-0.05, 0) is 136 Å². The average molecular weight is 824 g/mol. The highest BCUT2D eigenvalue weighted by Gasteiger charge is 2.01. The van der Waals surface area contributed by atoms with Crippen molar-refractivity contribution >= 4 is 0 Å². The van der Waals surface area contributed by atoms with Gasteiger partial charge in [0.25, 0.3) is 0 Å². The van der Waals surface area contributed by atoms with Crippen LogP contribution in [0.15, 0.2) is 134 Å². The molecule has 0 atom stereocenters. The SMILES string of the molecule is CC(C)c1ccc(C#N)cc1.CC(C)c1ccc(F)cc1.CC(C)c1ccccc1.CC(C)c1ccnc(C#N)c1.CC(C)c1ccnc(F)c1.Cc1cc(C(C)C)ccn1. The molecule has 6 rings (SSSR count). The molecule has 6 aromatic rings. The van der Waals surface area contributed by atoms with Crippen LogP contribution in [-0.4, -0.2) is 15.0 Å². The third-order valence-electron chi connectivity index (χ3n) is 9.28. The standard InChI is InChI=1S/C10H11N.C9H11F.C9H10N2.C9H13N.C9H12.C8H10FN/c1-8(2)10-5-3-9(7-11)4-6-10;1-7(2)8-3-5-9(10)6-4-8;1-7(2)8-3-4-11-9(5-8)6-10;1-7(2)9-4-5-10-8(3)6-9;1-8(2)9-6-4-3-5-7-9;1-6(2)7-3-4-10-8(9)5-7/h3-6,8H,1-2H3;3-7H,1-2H3;3-5,7H,1-2H3;4-7H,1-3H3;3-8H,1-2H3;3-6H,1-2H3. The second kappa shape index (κ2) is 29.2. The molecule has 0 aliphatic heterocycles. The van der Waals surface area contributed by atoms with Gasteiger partial charge in [0.15, 0.2) is 0 Å². The maximum absolute atomic E-state index is 12.4. The van der Waals surface area contributed by atoms with Crippen LogP contribution in [0.1, 0.15) is 169 Å². The zero-order valence-electron chi connectivity index (χ0n) is 38.7. The van der Waals surface area contributed by atoms with Gasteiger partial charge in [-0.25, -0.2) is 14.4 Å². The van der Waals surface area contributed by atoms with Gasteiger partial charge >= 0.3 is 0 Å². The molecule has 3 aromatic carbocycles. The molecule has 0 saturated carbocycles. The van der Waals surface area contributed by atoms with Crippen LogP contribution in [0.2, 0.25) is 0 Å². The summed E-state index contributed by atoms with van der Waals surface area (Å²) in [5, 5.41) is 17.0. The van der Waals surface area contributed by atoms with E-state index in [9.17, 15) is 8.78 Å². The Morgan fingerprint density at radius 3 is 1.16 bits per heavy atom. The second-order valence-electron chi connectivity index (χ2n) is 16.4. The minimum atomic E-state index is -0.397. The molecular formula is C54H67F2N5. The van der Waals surface area contributed by atoms with E-state index in [2.05, 4.69) is 127 Å². The Bertz CT molecular complexity index is 2110. The molecule has 0 unspecified atom stereocenters. The molecule has 5 nitrogen and oxygen atoms in total. The summed E-state index contributed by atoms with van der Waals surface area (Å²) >= 11 is 0. The molecule has 0 bridgehead atoms. The first-order valence-electron chi connectivity index (χ1n) is 21.1. The monoisotopic (exact) mass is 824 g/mol. The first kappa shape index (κ1) is 53.0. The summed E-state index contributed by atoms with van der Waals surface area (Å²) < 4.78 is 24.8. The number of benzene rings is 3. The second-order valence-corrected chi connectivity index (χ2v) is 16.4. The average Bonchev–Trinajstić information content (AvgIpc) is 3.25. The molecule has 0 radical (unpaired) electrons. The minimum Gasteiger partial charge on any atom is -0.262 e.